The van der Waals surface area contributed by atoms with Gasteiger partial charge in [-0.15, -0.1) is 10.2 Å². The van der Waals surface area contributed by atoms with Crippen molar-refractivity contribution in [2.45, 2.75) is 13.3 Å². The van der Waals surface area contributed by atoms with Crippen LogP contribution in [0.4, 0.5) is 5.69 Å². The van der Waals surface area contributed by atoms with Crippen LogP contribution in [0.1, 0.15) is 18.3 Å². The Hall–Kier alpha value is -2.88. The molecule has 19 heavy (non-hydrogen) atoms. The molecule has 0 aliphatic rings. The lowest BCUT2D eigenvalue weighted by Crippen LogP contribution is -1.94. The van der Waals surface area contributed by atoms with E-state index in [9.17, 15) is 5.11 Å². The van der Waals surface area contributed by atoms with E-state index in [0.29, 0.717) is 5.69 Å². The van der Waals surface area contributed by atoms with Crippen molar-refractivity contribution in [3.05, 3.63) is 35.8 Å². The fourth-order valence-corrected chi connectivity index (χ4v) is 1.49. The second kappa shape index (κ2) is 5.64. The van der Waals surface area contributed by atoms with Gasteiger partial charge in [0, 0.05) is 6.20 Å². The van der Waals surface area contributed by atoms with Gasteiger partial charge in [0.1, 0.15) is 17.4 Å². The summed E-state index contributed by atoms with van der Waals surface area (Å²) in [7, 11) is 0. The van der Waals surface area contributed by atoms with Crippen LogP contribution in [-0.4, -0.2) is 25.7 Å². The van der Waals surface area contributed by atoms with Crippen molar-refractivity contribution in [3.63, 3.8) is 0 Å². The van der Waals surface area contributed by atoms with Gasteiger partial charge >= 0.3 is 0 Å². The van der Waals surface area contributed by atoms with Gasteiger partial charge in [-0.1, -0.05) is 13.0 Å². The third-order valence-corrected chi connectivity index (χ3v) is 2.55. The first-order valence-electron chi connectivity index (χ1n) is 5.67. The second-order valence-electron chi connectivity index (χ2n) is 3.75. The molecule has 0 amide bonds. The minimum absolute atomic E-state index is 0.126. The Labute approximate surface area is 109 Å². The minimum atomic E-state index is 0.126. The van der Waals surface area contributed by atoms with E-state index in [1.165, 1.54) is 6.20 Å². The van der Waals surface area contributed by atoms with Crippen LogP contribution in [0, 0.1) is 11.3 Å². The lowest BCUT2D eigenvalue weighted by Gasteiger charge is -2.06. The molecule has 0 spiro atoms. The van der Waals surface area contributed by atoms with Gasteiger partial charge in [0.2, 0.25) is 5.82 Å². The number of tetrazole rings is 1. The Bertz CT molecular complexity index is 626. The summed E-state index contributed by atoms with van der Waals surface area (Å²) in [6.07, 6.45) is 2.27. The summed E-state index contributed by atoms with van der Waals surface area (Å²) in [6.45, 7) is 2.01. The molecule has 0 bridgehead atoms. The number of nitriles is 1. The molecule has 2 rings (SSSR count). The van der Waals surface area contributed by atoms with E-state index in [-0.39, 0.29) is 17.1 Å². The van der Waals surface area contributed by atoms with Crippen molar-refractivity contribution >= 4 is 11.3 Å². The smallest absolute Gasteiger partial charge is 0.216 e. The number of nitrogens with one attached hydrogen (secondary N) is 2. The van der Waals surface area contributed by atoms with Gasteiger partial charge in [0.25, 0.3) is 0 Å². The van der Waals surface area contributed by atoms with Crippen LogP contribution in [0.25, 0.3) is 5.57 Å². The summed E-state index contributed by atoms with van der Waals surface area (Å²) in [5.41, 5.74) is 1.76. The van der Waals surface area contributed by atoms with Crippen LogP contribution in [0.5, 0.6) is 5.75 Å². The molecular weight excluding hydrogens is 244 g/mol. The maximum Gasteiger partial charge on any atom is 0.216 e. The number of allylic oxidation sites excluding steroid dienone is 1. The zero-order valence-corrected chi connectivity index (χ0v) is 10.3. The van der Waals surface area contributed by atoms with Crippen LogP contribution in [0.15, 0.2) is 24.4 Å². The molecule has 1 heterocycles. The summed E-state index contributed by atoms with van der Waals surface area (Å²) in [6, 6.07) is 7.27. The van der Waals surface area contributed by atoms with E-state index >= 15 is 0 Å². The van der Waals surface area contributed by atoms with Crippen molar-refractivity contribution in [3.8, 4) is 11.8 Å². The van der Waals surface area contributed by atoms with Crippen molar-refractivity contribution in [1.29, 1.82) is 5.26 Å². The molecular formula is C12H12N6O. The average molecular weight is 256 g/mol. The summed E-state index contributed by atoms with van der Waals surface area (Å²) in [4.78, 5) is 0. The first-order valence-corrected chi connectivity index (χ1v) is 5.67. The number of H-pyrrole nitrogens is 1. The van der Waals surface area contributed by atoms with E-state index in [4.69, 9.17) is 5.26 Å². The molecule has 0 unspecified atom stereocenters. The number of phenolic OH excluding ortho intramolecular Hbond substituents is 1. The SMILES string of the molecule is CCc1ccc(NC=C(C#N)c2nn[nH]n2)c(O)c1. The first-order chi connectivity index (χ1) is 9.24. The topological polar surface area (TPSA) is 111 Å². The second-order valence-corrected chi connectivity index (χ2v) is 3.75. The average Bonchev–Trinajstić information content (AvgIpc) is 2.95. The number of anilines is 1. The predicted molar refractivity (Wildman–Crippen MR) is 68.9 cm³/mol. The monoisotopic (exact) mass is 256 g/mol. The number of hydrogen-bond donors (Lipinski definition) is 3. The highest BCUT2D eigenvalue weighted by atomic mass is 16.3. The number of aryl methyl sites for hydroxylation is 1. The molecule has 0 atom stereocenters. The molecule has 96 valence electrons. The van der Waals surface area contributed by atoms with Gasteiger partial charge in [-0.2, -0.15) is 10.5 Å². The Kier molecular flexibility index (Phi) is 3.73. The fraction of sp³-hybridized carbons (Fsp3) is 0.167. The van der Waals surface area contributed by atoms with Gasteiger partial charge in [0.05, 0.1) is 5.69 Å². The normalized spacial score (nSPS) is 11.1. The quantitative estimate of drug-likeness (QED) is 0.564. The largest absolute Gasteiger partial charge is 0.506 e. The summed E-state index contributed by atoms with van der Waals surface area (Å²) in [5, 5.41) is 34.7. The Morgan fingerprint density at radius 2 is 2.42 bits per heavy atom. The molecule has 3 N–H and O–H groups in total. The molecule has 0 saturated carbocycles. The number of rotatable bonds is 4. The number of benzene rings is 1. The summed E-state index contributed by atoms with van der Waals surface area (Å²) >= 11 is 0. The Morgan fingerprint density at radius 3 is 3.00 bits per heavy atom. The number of phenols is 1. The zero-order chi connectivity index (χ0) is 13.7. The molecule has 0 saturated heterocycles. The number of aromatic nitrogens is 4. The molecule has 1 aromatic carbocycles. The van der Waals surface area contributed by atoms with Crippen LogP contribution >= 0.6 is 0 Å². The highest BCUT2D eigenvalue weighted by molar-refractivity contribution is 5.74. The fourth-order valence-electron chi connectivity index (χ4n) is 1.49. The summed E-state index contributed by atoms with van der Waals surface area (Å²) < 4.78 is 0. The third kappa shape index (κ3) is 2.87. The van der Waals surface area contributed by atoms with Gasteiger partial charge in [-0.05, 0) is 29.3 Å². The molecule has 7 heteroatoms. The van der Waals surface area contributed by atoms with Crippen LogP contribution in [-0.2, 0) is 6.42 Å². The van der Waals surface area contributed by atoms with Gasteiger partial charge in [0.15, 0.2) is 0 Å². The Morgan fingerprint density at radius 1 is 1.58 bits per heavy atom. The third-order valence-electron chi connectivity index (χ3n) is 2.55. The van der Waals surface area contributed by atoms with Crippen molar-refractivity contribution < 1.29 is 5.11 Å². The highest BCUT2D eigenvalue weighted by Gasteiger charge is 2.06. The number of aromatic amines is 1. The van der Waals surface area contributed by atoms with E-state index < -0.39 is 0 Å². The summed E-state index contributed by atoms with van der Waals surface area (Å²) in [5.74, 6) is 0.320. The molecule has 0 radical (unpaired) electrons. The maximum atomic E-state index is 9.81. The van der Waals surface area contributed by atoms with E-state index in [1.54, 1.807) is 12.1 Å². The molecule has 1 aromatic heterocycles. The van der Waals surface area contributed by atoms with Gasteiger partial charge < -0.3 is 10.4 Å². The van der Waals surface area contributed by atoms with Crippen molar-refractivity contribution in [2.75, 3.05) is 5.32 Å². The molecule has 2 aromatic rings. The van der Waals surface area contributed by atoms with Crippen LogP contribution in [0.3, 0.4) is 0 Å². The predicted octanol–water partition coefficient (Wildman–Crippen LogP) is 1.44. The molecule has 0 aliphatic heterocycles. The van der Waals surface area contributed by atoms with Crippen molar-refractivity contribution in [1.82, 2.24) is 20.6 Å². The highest BCUT2D eigenvalue weighted by Crippen LogP contribution is 2.25. The van der Waals surface area contributed by atoms with Crippen molar-refractivity contribution in [2.24, 2.45) is 0 Å². The van der Waals surface area contributed by atoms with Crippen LogP contribution in [0.2, 0.25) is 0 Å². The molecule has 0 fully saturated rings. The van der Waals surface area contributed by atoms with Crippen LogP contribution < -0.4 is 5.32 Å². The number of aromatic hydroxyl groups is 1. The number of hydrogen-bond acceptors (Lipinski definition) is 6. The van der Waals surface area contributed by atoms with E-state index in [2.05, 4.69) is 25.9 Å². The minimum Gasteiger partial charge on any atom is -0.506 e. The zero-order valence-electron chi connectivity index (χ0n) is 10.3. The van der Waals surface area contributed by atoms with E-state index in [0.717, 1.165) is 12.0 Å². The number of nitrogens with zero attached hydrogens (tertiary/aromatic N) is 4. The Balaban J connectivity index is 2.20. The van der Waals surface area contributed by atoms with Gasteiger partial charge in [-0.3, -0.25) is 0 Å². The van der Waals surface area contributed by atoms with Gasteiger partial charge in [-0.25, -0.2) is 0 Å². The molecule has 7 nitrogen and oxygen atoms in total. The van der Waals surface area contributed by atoms with E-state index in [1.807, 2.05) is 19.1 Å². The lowest BCUT2D eigenvalue weighted by molar-refractivity contribution is 0.477. The first kappa shape index (κ1) is 12.6. The lowest BCUT2D eigenvalue weighted by atomic mass is 10.1. The molecule has 0 aliphatic carbocycles. The maximum absolute atomic E-state index is 9.81. The standard InChI is InChI=1S/C12H12N6O/c1-2-8-3-4-10(11(19)5-8)14-7-9(6-13)12-15-17-18-16-12/h3-5,7,14,19H,2H2,1H3,(H,15,16,17,18).